The highest BCUT2D eigenvalue weighted by Crippen LogP contribution is 2.30. The molecule has 0 amide bonds. The molecule has 0 bridgehead atoms. The lowest BCUT2D eigenvalue weighted by Crippen LogP contribution is -2.28. The first-order chi connectivity index (χ1) is 6.57. The van der Waals surface area contributed by atoms with Crippen molar-refractivity contribution < 1.29 is 19.7 Å². The molecule has 0 saturated carbocycles. The average molecular weight is 281 g/mol. The summed E-state index contributed by atoms with van der Waals surface area (Å²) >= 11 is 4.44. The number of rotatable bonds is 3. The summed E-state index contributed by atoms with van der Waals surface area (Å²) in [6.07, 6.45) is -2.80. The zero-order chi connectivity index (χ0) is 10.7. The Morgan fingerprint density at radius 1 is 1.64 bits per heavy atom. The van der Waals surface area contributed by atoms with Crippen LogP contribution in [0.15, 0.2) is 15.9 Å². The molecule has 4 nitrogen and oxygen atoms in total. The summed E-state index contributed by atoms with van der Waals surface area (Å²) in [5, 5.41) is 20.7. The van der Waals surface area contributed by atoms with Gasteiger partial charge in [-0.1, -0.05) is 0 Å². The summed E-state index contributed by atoms with van der Waals surface area (Å²) in [7, 11) is 1.15. The molecule has 1 heterocycles. The second-order valence-electron chi connectivity index (χ2n) is 2.55. The van der Waals surface area contributed by atoms with Crippen LogP contribution in [0.3, 0.4) is 0 Å². The molecule has 1 aromatic rings. The summed E-state index contributed by atoms with van der Waals surface area (Å²) in [5.74, 6) is -0.849. The van der Waals surface area contributed by atoms with E-state index in [1.54, 1.807) is 11.4 Å². The number of ether oxygens (including phenoxy) is 1. The average Bonchev–Trinajstić information content (AvgIpc) is 2.61. The Kier molecular flexibility index (Phi) is 4.06. The maximum Gasteiger partial charge on any atom is 0.337 e. The molecule has 0 aromatic carbocycles. The van der Waals surface area contributed by atoms with E-state index in [2.05, 4.69) is 20.7 Å². The highest BCUT2D eigenvalue weighted by molar-refractivity contribution is 9.10. The topological polar surface area (TPSA) is 66.8 Å². The number of carbonyl (C=O) groups excluding carboxylic acids is 1. The van der Waals surface area contributed by atoms with Gasteiger partial charge in [0.1, 0.15) is 6.10 Å². The zero-order valence-electron chi connectivity index (χ0n) is 7.31. The lowest BCUT2D eigenvalue weighted by atomic mass is 10.2. The molecule has 78 valence electrons. The van der Waals surface area contributed by atoms with Crippen LogP contribution in [0.5, 0.6) is 0 Å². The van der Waals surface area contributed by atoms with E-state index < -0.39 is 18.2 Å². The molecule has 1 rings (SSSR count). The van der Waals surface area contributed by atoms with Gasteiger partial charge in [-0.2, -0.15) is 0 Å². The van der Waals surface area contributed by atoms with Gasteiger partial charge in [0.05, 0.1) is 12.0 Å². The van der Waals surface area contributed by atoms with Crippen molar-refractivity contribution in [3.8, 4) is 0 Å². The Balaban J connectivity index is 2.80. The molecule has 2 atom stereocenters. The lowest BCUT2D eigenvalue weighted by Gasteiger charge is -2.14. The molecule has 2 N–H and O–H groups in total. The number of hydrogen-bond acceptors (Lipinski definition) is 5. The van der Waals surface area contributed by atoms with Gasteiger partial charge < -0.3 is 14.9 Å². The first kappa shape index (κ1) is 11.6. The number of hydrogen-bond donors (Lipinski definition) is 2. The highest BCUT2D eigenvalue weighted by atomic mass is 79.9. The molecule has 0 saturated heterocycles. The fourth-order valence-corrected chi connectivity index (χ4v) is 2.53. The minimum absolute atomic E-state index is 0.503. The normalized spacial score (nSPS) is 14.9. The van der Waals surface area contributed by atoms with E-state index in [4.69, 9.17) is 0 Å². The third kappa shape index (κ3) is 2.33. The van der Waals surface area contributed by atoms with Gasteiger partial charge in [-0.05, 0) is 27.4 Å². The molecule has 0 aliphatic carbocycles. The number of thiophene rings is 1. The van der Waals surface area contributed by atoms with Gasteiger partial charge >= 0.3 is 5.97 Å². The number of aliphatic hydroxyl groups excluding tert-OH is 2. The number of carbonyl (C=O) groups is 1. The minimum Gasteiger partial charge on any atom is -0.467 e. The molecule has 6 heteroatoms. The number of aliphatic hydroxyl groups is 2. The van der Waals surface area contributed by atoms with Crippen LogP contribution in [-0.2, 0) is 9.53 Å². The van der Waals surface area contributed by atoms with E-state index >= 15 is 0 Å². The molecule has 0 spiro atoms. The van der Waals surface area contributed by atoms with Crippen molar-refractivity contribution in [1.29, 1.82) is 0 Å². The van der Waals surface area contributed by atoms with Gasteiger partial charge in [-0.15, -0.1) is 11.3 Å². The van der Waals surface area contributed by atoms with Crippen LogP contribution in [0.25, 0.3) is 0 Å². The standard InChI is InChI=1S/C8H9BrO4S/c1-13-8(12)6(11)5(10)7-4(9)2-3-14-7/h2-3,5-6,10-11H,1H3. The fraction of sp³-hybridized carbons (Fsp3) is 0.375. The number of halogens is 1. The SMILES string of the molecule is COC(=O)C(O)C(O)c1sccc1Br. The molecule has 14 heavy (non-hydrogen) atoms. The third-order valence-electron chi connectivity index (χ3n) is 1.66. The van der Waals surface area contributed by atoms with Crippen molar-refractivity contribution in [3.05, 3.63) is 20.8 Å². The molecule has 0 aliphatic rings. The lowest BCUT2D eigenvalue weighted by molar-refractivity contribution is -0.156. The quantitative estimate of drug-likeness (QED) is 0.814. The van der Waals surface area contributed by atoms with E-state index in [1.807, 2.05) is 0 Å². The Labute approximate surface area is 93.3 Å². The van der Waals surface area contributed by atoms with Crippen molar-refractivity contribution in [3.63, 3.8) is 0 Å². The van der Waals surface area contributed by atoms with Crippen LogP contribution in [0, 0.1) is 0 Å². The van der Waals surface area contributed by atoms with Crippen LogP contribution in [-0.4, -0.2) is 29.4 Å². The van der Waals surface area contributed by atoms with Gasteiger partial charge in [-0.25, -0.2) is 4.79 Å². The summed E-state index contributed by atoms with van der Waals surface area (Å²) < 4.78 is 4.98. The Morgan fingerprint density at radius 2 is 2.29 bits per heavy atom. The first-order valence-corrected chi connectivity index (χ1v) is 5.42. The fourth-order valence-electron chi connectivity index (χ4n) is 0.910. The maximum atomic E-state index is 10.9. The first-order valence-electron chi connectivity index (χ1n) is 3.74. The minimum atomic E-state index is -1.55. The summed E-state index contributed by atoms with van der Waals surface area (Å²) in [5.41, 5.74) is 0. The van der Waals surface area contributed by atoms with Crippen LogP contribution in [0.4, 0.5) is 0 Å². The van der Waals surface area contributed by atoms with E-state index in [-0.39, 0.29) is 0 Å². The Bertz CT molecular complexity index is 325. The van der Waals surface area contributed by atoms with Gasteiger partial charge in [0.2, 0.25) is 0 Å². The summed E-state index contributed by atoms with van der Waals surface area (Å²) in [6.45, 7) is 0. The predicted molar refractivity (Wildman–Crippen MR) is 55.0 cm³/mol. The van der Waals surface area contributed by atoms with Crippen molar-refractivity contribution in [1.82, 2.24) is 0 Å². The van der Waals surface area contributed by atoms with Crippen molar-refractivity contribution in [2.75, 3.05) is 7.11 Å². The molecule has 2 unspecified atom stereocenters. The summed E-state index contributed by atoms with van der Waals surface area (Å²) in [6, 6.07) is 1.73. The van der Waals surface area contributed by atoms with Crippen LogP contribution < -0.4 is 0 Å². The van der Waals surface area contributed by atoms with Crippen LogP contribution in [0.2, 0.25) is 0 Å². The monoisotopic (exact) mass is 280 g/mol. The second kappa shape index (κ2) is 4.88. The van der Waals surface area contributed by atoms with Crippen molar-refractivity contribution in [2.24, 2.45) is 0 Å². The van der Waals surface area contributed by atoms with Gasteiger partial charge in [-0.3, -0.25) is 0 Å². The van der Waals surface area contributed by atoms with E-state index in [0.29, 0.717) is 9.35 Å². The van der Waals surface area contributed by atoms with Crippen LogP contribution >= 0.6 is 27.3 Å². The summed E-state index contributed by atoms with van der Waals surface area (Å²) in [4.78, 5) is 11.4. The second-order valence-corrected chi connectivity index (χ2v) is 4.35. The maximum absolute atomic E-state index is 10.9. The van der Waals surface area contributed by atoms with Crippen molar-refractivity contribution in [2.45, 2.75) is 12.2 Å². The largest absolute Gasteiger partial charge is 0.467 e. The van der Waals surface area contributed by atoms with Gasteiger partial charge in [0.15, 0.2) is 6.10 Å². The van der Waals surface area contributed by atoms with Gasteiger partial charge in [0, 0.05) is 4.47 Å². The number of methoxy groups -OCH3 is 1. The van der Waals surface area contributed by atoms with E-state index in [1.165, 1.54) is 11.3 Å². The Hall–Kier alpha value is -0.430. The number of esters is 1. The highest BCUT2D eigenvalue weighted by Gasteiger charge is 2.28. The molecule has 1 aromatic heterocycles. The molecule has 0 aliphatic heterocycles. The molecule has 0 fully saturated rings. The Morgan fingerprint density at radius 3 is 2.71 bits per heavy atom. The molecular weight excluding hydrogens is 272 g/mol. The smallest absolute Gasteiger partial charge is 0.337 e. The van der Waals surface area contributed by atoms with Crippen molar-refractivity contribution >= 4 is 33.2 Å². The van der Waals surface area contributed by atoms with E-state index in [9.17, 15) is 15.0 Å². The predicted octanol–water partition coefficient (Wildman–Crippen LogP) is 1.08. The molecule has 0 radical (unpaired) electrons. The third-order valence-corrected chi connectivity index (χ3v) is 3.60. The van der Waals surface area contributed by atoms with Crippen LogP contribution in [0.1, 0.15) is 11.0 Å². The van der Waals surface area contributed by atoms with Gasteiger partial charge in [0.25, 0.3) is 0 Å². The van der Waals surface area contributed by atoms with E-state index in [0.717, 1.165) is 7.11 Å². The molecular formula is C8H9BrO4S. The zero-order valence-corrected chi connectivity index (χ0v) is 9.71.